The zero-order valence-electron chi connectivity index (χ0n) is 13.5. The molecule has 19 heavy (non-hydrogen) atoms. The first-order valence-corrected chi connectivity index (χ1v) is 7.72. The van der Waals surface area contributed by atoms with Gasteiger partial charge < -0.3 is 5.32 Å². The third-order valence-corrected chi connectivity index (χ3v) is 3.46. The summed E-state index contributed by atoms with van der Waals surface area (Å²) in [5.74, 6) is 0.206. The molecule has 2 heteroatoms. The summed E-state index contributed by atoms with van der Waals surface area (Å²) in [6.45, 7) is 12.4. The first-order chi connectivity index (χ1) is 9.08. The van der Waals surface area contributed by atoms with Gasteiger partial charge in [0.25, 0.3) is 0 Å². The van der Waals surface area contributed by atoms with Gasteiger partial charge in [-0.2, -0.15) is 0 Å². The van der Waals surface area contributed by atoms with Crippen LogP contribution in [0.5, 0.6) is 0 Å². The third kappa shape index (κ3) is 5.63. The summed E-state index contributed by atoms with van der Waals surface area (Å²) in [7, 11) is 0. The van der Waals surface area contributed by atoms with E-state index in [4.69, 9.17) is 0 Å². The molecular formula is C17H33NO. The molecule has 1 atom stereocenters. The van der Waals surface area contributed by atoms with Gasteiger partial charge in [0.05, 0.1) is 0 Å². The lowest BCUT2D eigenvalue weighted by molar-refractivity contribution is -0.119. The molecule has 1 amide bonds. The normalized spacial score (nSPS) is 23.4. The molecule has 0 spiro atoms. The molecule has 1 aliphatic carbocycles. The molecule has 0 bridgehead atoms. The Bertz CT molecular complexity index is 332. The minimum absolute atomic E-state index is 0. The molecule has 0 saturated carbocycles. The second-order valence-corrected chi connectivity index (χ2v) is 5.28. The second kappa shape index (κ2) is 8.95. The Morgan fingerprint density at radius 2 is 1.95 bits per heavy atom. The largest absolute Gasteiger partial charge is 0.352 e. The van der Waals surface area contributed by atoms with Gasteiger partial charge in [0.2, 0.25) is 5.91 Å². The van der Waals surface area contributed by atoms with Crippen LogP contribution in [0.25, 0.3) is 0 Å². The average Bonchev–Trinajstić information content (AvgIpc) is 2.68. The van der Waals surface area contributed by atoms with E-state index in [0.717, 1.165) is 19.3 Å². The number of nitrogens with one attached hydrogen (secondary N) is 1. The van der Waals surface area contributed by atoms with Gasteiger partial charge in [-0.25, -0.2) is 0 Å². The number of rotatable bonds is 2. The summed E-state index contributed by atoms with van der Waals surface area (Å²) in [5.41, 5.74) is 1.58. The van der Waals surface area contributed by atoms with Gasteiger partial charge in [-0.3, -0.25) is 4.79 Å². The van der Waals surface area contributed by atoms with Gasteiger partial charge in [0.15, 0.2) is 0 Å². The number of carbonyl (C=O) groups is 1. The molecule has 2 nitrogen and oxygen atoms in total. The van der Waals surface area contributed by atoms with Crippen LogP contribution in [-0.4, -0.2) is 11.9 Å². The molecule has 1 fully saturated rings. The summed E-state index contributed by atoms with van der Waals surface area (Å²) in [5, 5.41) is 3.09. The van der Waals surface area contributed by atoms with Crippen molar-refractivity contribution in [3.63, 3.8) is 0 Å². The Kier molecular flexibility index (Phi) is 8.46. The summed E-state index contributed by atoms with van der Waals surface area (Å²) >= 11 is 0. The molecule has 1 N–H and O–H groups in total. The van der Waals surface area contributed by atoms with E-state index in [2.05, 4.69) is 37.4 Å². The van der Waals surface area contributed by atoms with Crippen LogP contribution in [0.2, 0.25) is 0 Å². The van der Waals surface area contributed by atoms with Crippen molar-refractivity contribution in [3.05, 3.63) is 23.8 Å². The predicted molar refractivity (Wildman–Crippen MR) is 86.2 cm³/mol. The van der Waals surface area contributed by atoms with Gasteiger partial charge in [-0.05, 0) is 24.7 Å². The van der Waals surface area contributed by atoms with Crippen LogP contribution in [0, 0.1) is 5.41 Å². The van der Waals surface area contributed by atoms with E-state index in [1.165, 1.54) is 5.57 Å². The van der Waals surface area contributed by atoms with Crippen LogP contribution in [0.3, 0.4) is 0 Å². The van der Waals surface area contributed by atoms with E-state index < -0.39 is 0 Å². The zero-order chi connectivity index (χ0) is 14.9. The fraction of sp³-hybridized carbons (Fsp3) is 0.706. The summed E-state index contributed by atoms with van der Waals surface area (Å²) in [6, 6.07) is 0.322. The molecule has 112 valence electrons. The van der Waals surface area contributed by atoms with E-state index in [0.29, 0.717) is 12.5 Å². The number of amides is 1. The van der Waals surface area contributed by atoms with E-state index in [1.54, 1.807) is 0 Å². The Hall–Kier alpha value is -1.05. The molecule has 2 aliphatic rings. The molecule has 2 rings (SSSR count). The molecule has 1 aliphatic heterocycles. The van der Waals surface area contributed by atoms with Gasteiger partial charge in [-0.1, -0.05) is 65.3 Å². The maximum atomic E-state index is 11.4. The quantitative estimate of drug-likeness (QED) is 0.760. The monoisotopic (exact) mass is 267 g/mol. The lowest BCUT2D eigenvalue weighted by Crippen LogP contribution is -2.33. The number of carbonyl (C=O) groups excluding carboxylic acids is 1. The highest BCUT2D eigenvalue weighted by Gasteiger charge is 2.39. The average molecular weight is 267 g/mol. The lowest BCUT2D eigenvalue weighted by Gasteiger charge is -2.26. The first kappa shape index (κ1) is 17.9. The molecule has 0 aromatic rings. The molecule has 1 unspecified atom stereocenters. The number of allylic oxidation sites excluding steroid dienone is 3. The smallest absolute Gasteiger partial charge is 0.220 e. The minimum atomic E-state index is 0. The van der Waals surface area contributed by atoms with Gasteiger partial charge in [0.1, 0.15) is 0 Å². The first-order valence-electron chi connectivity index (χ1n) is 7.72. The summed E-state index contributed by atoms with van der Waals surface area (Å²) < 4.78 is 0. The number of hydrogen-bond donors (Lipinski definition) is 1. The topological polar surface area (TPSA) is 29.1 Å². The maximum Gasteiger partial charge on any atom is 0.220 e. The van der Waals surface area contributed by atoms with Crippen molar-refractivity contribution in [3.8, 4) is 0 Å². The van der Waals surface area contributed by atoms with E-state index in [-0.39, 0.29) is 12.7 Å². The third-order valence-electron chi connectivity index (χ3n) is 3.46. The molecule has 0 aromatic carbocycles. The SMILES string of the molecule is CC.CC.CC1(C)CC(=O)NC1CC1=CC=CCC1.[HH]. The molecule has 0 aromatic heterocycles. The fourth-order valence-electron chi connectivity index (χ4n) is 2.39. The van der Waals surface area contributed by atoms with Crippen molar-refractivity contribution in [2.75, 3.05) is 0 Å². The van der Waals surface area contributed by atoms with Gasteiger partial charge in [0, 0.05) is 13.9 Å². The van der Waals surface area contributed by atoms with Crippen LogP contribution >= 0.6 is 0 Å². The van der Waals surface area contributed by atoms with Crippen molar-refractivity contribution in [2.24, 2.45) is 5.41 Å². The molecule has 1 saturated heterocycles. The lowest BCUT2D eigenvalue weighted by atomic mass is 9.81. The van der Waals surface area contributed by atoms with E-state index in [9.17, 15) is 4.79 Å². The van der Waals surface area contributed by atoms with Crippen molar-refractivity contribution < 1.29 is 6.22 Å². The predicted octanol–water partition coefficient (Wildman–Crippen LogP) is 4.87. The zero-order valence-corrected chi connectivity index (χ0v) is 13.5. The summed E-state index contributed by atoms with van der Waals surface area (Å²) in [4.78, 5) is 11.4. The minimum Gasteiger partial charge on any atom is -0.352 e. The summed E-state index contributed by atoms with van der Waals surface area (Å²) in [6.07, 6.45) is 10.5. The maximum absolute atomic E-state index is 11.4. The highest BCUT2D eigenvalue weighted by molar-refractivity contribution is 5.79. The van der Waals surface area contributed by atoms with Crippen molar-refractivity contribution in [2.45, 2.75) is 73.3 Å². The van der Waals surface area contributed by atoms with Crippen LogP contribution in [-0.2, 0) is 4.79 Å². The second-order valence-electron chi connectivity index (χ2n) is 5.28. The Morgan fingerprint density at radius 3 is 2.37 bits per heavy atom. The Balaban J connectivity index is 0. The fourth-order valence-corrected chi connectivity index (χ4v) is 2.39. The highest BCUT2D eigenvalue weighted by Crippen LogP contribution is 2.35. The number of hydrogen-bond acceptors (Lipinski definition) is 1. The van der Waals surface area contributed by atoms with E-state index in [1.807, 2.05) is 27.7 Å². The van der Waals surface area contributed by atoms with Crippen LogP contribution in [0.1, 0.15) is 68.7 Å². The molecule has 1 heterocycles. The van der Waals surface area contributed by atoms with Crippen LogP contribution < -0.4 is 5.32 Å². The molecule has 0 radical (unpaired) electrons. The van der Waals surface area contributed by atoms with Crippen LogP contribution in [0.15, 0.2) is 23.8 Å². The van der Waals surface area contributed by atoms with Crippen LogP contribution in [0.4, 0.5) is 0 Å². The van der Waals surface area contributed by atoms with Crippen molar-refractivity contribution in [1.29, 1.82) is 0 Å². The van der Waals surface area contributed by atoms with Crippen molar-refractivity contribution >= 4 is 5.91 Å². The Labute approximate surface area is 120 Å². The van der Waals surface area contributed by atoms with Crippen molar-refractivity contribution in [1.82, 2.24) is 5.32 Å². The Morgan fingerprint density at radius 1 is 1.32 bits per heavy atom. The van der Waals surface area contributed by atoms with Gasteiger partial charge >= 0.3 is 0 Å². The van der Waals surface area contributed by atoms with E-state index >= 15 is 0 Å². The standard InChI is InChI=1S/C13H19NO.2C2H6.H2/c1-13(2)9-12(15)14-11(13)8-10-6-4-3-5-7-10;2*1-2;/h3-4,6,11H,5,7-9H2,1-2H3,(H,14,15);2*1-2H3;1H. The molecular weight excluding hydrogens is 234 g/mol. The highest BCUT2D eigenvalue weighted by atomic mass is 16.2. The van der Waals surface area contributed by atoms with Gasteiger partial charge in [-0.15, -0.1) is 0 Å².